The average Bonchev–Trinajstić information content (AvgIpc) is 2.73. The molecule has 1 rings (SSSR count). The van der Waals surface area contributed by atoms with Crippen LogP contribution in [0.5, 0.6) is 0 Å². The summed E-state index contributed by atoms with van der Waals surface area (Å²) in [7, 11) is 0. The quantitative estimate of drug-likeness (QED) is 0.682. The van der Waals surface area contributed by atoms with Crippen molar-refractivity contribution in [1.82, 2.24) is 0 Å². The van der Waals surface area contributed by atoms with E-state index in [1.165, 1.54) is 57.2 Å². The highest BCUT2D eigenvalue weighted by atomic mass is 16.4. The summed E-state index contributed by atoms with van der Waals surface area (Å²) in [5, 5.41) is 8.89. The smallest absolute Gasteiger partial charge is 0.109 e. The molecule has 19 heavy (non-hydrogen) atoms. The largest absolute Gasteiger partial charge is 0.550 e. The summed E-state index contributed by atoms with van der Waals surface area (Å²) in [4.78, 5) is 10.4. The molecular weight excluding hydrogens is 238 g/mol. The van der Waals surface area contributed by atoms with Crippen molar-refractivity contribution in [1.29, 1.82) is 0 Å². The monoisotopic (exact) mass is 267 g/mol. The van der Waals surface area contributed by atoms with E-state index < -0.39 is 5.97 Å². The van der Waals surface area contributed by atoms with E-state index in [0.717, 1.165) is 6.92 Å². The molecule has 0 fully saturated rings. The second-order valence-corrected chi connectivity index (χ2v) is 5.10. The first-order valence-electron chi connectivity index (χ1n) is 7.46. The minimum atomic E-state index is -1.08. The van der Waals surface area contributed by atoms with E-state index in [1.807, 2.05) is 0 Å². The van der Waals surface area contributed by atoms with Crippen LogP contribution in [0.25, 0.3) is 0 Å². The third-order valence-corrected chi connectivity index (χ3v) is 3.20. The van der Waals surface area contributed by atoms with Crippen LogP contribution in [0.2, 0.25) is 0 Å². The van der Waals surface area contributed by atoms with E-state index >= 15 is 0 Å². The third-order valence-electron chi connectivity index (χ3n) is 3.20. The molecule has 1 heterocycles. The lowest BCUT2D eigenvalue weighted by Crippen LogP contribution is -3.04. The minimum absolute atomic E-state index is 0.972. The van der Waals surface area contributed by atoms with E-state index in [0.29, 0.717) is 0 Å². The van der Waals surface area contributed by atoms with E-state index in [9.17, 15) is 0 Å². The minimum Gasteiger partial charge on any atom is -0.550 e. The SMILES string of the molecule is CC(=O)[O-].CCCCCCCCC[NH+]1C=CC=C1C. The number of carbonyl (C=O) groups excluding carboxylic acids is 1. The van der Waals surface area contributed by atoms with Gasteiger partial charge in [0.25, 0.3) is 0 Å². The summed E-state index contributed by atoms with van der Waals surface area (Å²) >= 11 is 0. The van der Waals surface area contributed by atoms with E-state index in [2.05, 4.69) is 32.2 Å². The molecule has 1 unspecified atom stereocenters. The van der Waals surface area contributed by atoms with Crippen LogP contribution in [0.4, 0.5) is 0 Å². The molecule has 0 amide bonds. The molecule has 0 aromatic carbocycles. The topological polar surface area (TPSA) is 44.6 Å². The van der Waals surface area contributed by atoms with Crippen molar-refractivity contribution in [3.05, 3.63) is 24.0 Å². The van der Waals surface area contributed by atoms with E-state index in [1.54, 1.807) is 4.90 Å². The Bertz CT molecular complexity index is 291. The Kier molecular flexibility index (Phi) is 11.3. The maximum atomic E-state index is 8.89. The van der Waals surface area contributed by atoms with Crippen molar-refractivity contribution in [2.75, 3.05) is 6.54 Å². The van der Waals surface area contributed by atoms with Crippen LogP contribution in [0.15, 0.2) is 24.0 Å². The molecule has 1 atom stereocenters. The van der Waals surface area contributed by atoms with Crippen LogP contribution < -0.4 is 10.0 Å². The predicted molar refractivity (Wildman–Crippen MR) is 77.4 cm³/mol. The summed E-state index contributed by atoms with van der Waals surface area (Å²) in [5.41, 5.74) is 1.47. The van der Waals surface area contributed by atoms with Crippen molar-refractivity contribution >= 4 is 5.97 Å². The highest BCUT2D eigenvalue weighted by Crippen LogP contribution is 2.06. The zero-order valence-corrected chi connectivity index (χ0v) is 12.7. The standard InChI is InChI=1S/C14H25N.C2H4O2/c1-3-4-5-6-7-8-9-12-15-13-10-11-14(15)2;1-2(3)4/h10-11,13H,3-9,12H2,1-2H3;1H3,(H,3,4). The van der Waals surface area contributed by atoms with Gasteiger partial charge in [-0.05, 0) is 31.9 Å². The first kappa shape index (κ1) is 17.9. The fraction of sp³-hybridized carbons (Fsp3) is 0.688. The zero-order chi connectivity index (χ0) is 14.5. The molecule has 1 aliphatic rings. The normalized spacial score (nSPS) is 16.8. The first-order valence-corrected chi connectivity index (χ1v) is 7.46. The Morgan fingerprint density at radius 1 is 1.16 bits per heavy atom. The number of carboxylic acids is 1. The predicted octanol–water partition coefficient (Wildman–Crippen LogP) is 1.81. The van der Waals surface area contributed by atoms with Crippen molar-refractivity contribution < 1.29 is 14.8 Å². The second kappa shape index (κ2) is 12.0. The lowest BCUT2D eigenvalue weighted by atomic mass is 10.1. The van der Waals surface area contributed by atoms with Crippen LogP contribution in [0.3, 0.4) is 0 Å². The Morgan fingerprint density at radius 3 is 2.16 bits per heavy atom. The van der Waals surface area contributed by atoms with Gasteiger partial charge in [0, 0.05) is 12.9 Å². The highest BCUT2D eigenvalue weighted by Gasteiger charge is 2.10. The number of allylic oxidation sites excluding steroid dienone is 3. The summed E-state index contributed by atoms with van der Waals surface area (Å²) < 4.78 is 0. The summed E-state index contributed by atoms with van der Waals surface area (Å²) in [6, 6.07) is 0. The molecule has 110 valence electrons. The summed E-state index contributed by atoms with van der Waals surface area (Å²) in [6.07, 6.45) is 16.5. The Balaban J connectivity index is 0.000000711. The van der Waals surface area contributed by atoms with Crippen LogP contribution in [-0.4, -0.2) is 12.5 Å². The second-order valence-electron chi connectivity index (χ2n) is 5.10. The van der Waals surface area contributed by atoms with Gasteiger partial charge in [-0.1, -0.05) is 39.0 Å². The summed E-state index contributed by atoms with van der Waals surface area (Å²) in [6.45, 7) is 6.75. The van der Waals surface area contributed by atoms with Crippen LogP contribution in [0, 0.1) is 0 Å². The third kappa shape index (κ3) is 11.7. The van der Waals surface area contributed by atoms with Gasteiger partial charge in [0.1, 0.15) is 5.70 Å². The lowest BCUT2D eigenvalue weighted by Gasteiger charge is -2.10. The van der Waals surface area contributed by atoms with Crippen molar-refractivity contribution in [3.8, 4) is 0 Å². The van der Waals surface area contributed by atoms with E-state index in [-0.39, 0.29) is 0 Å². The molecule has 0 aliphatic carbocycles. The van der Waals surface area contributed by atoms with Crippen molar-refractivity contribution in [3.63, 3.8) is 0 Å². The number of carboxylic acid groups (broad SMARTS) is 1. The number of aliphatic carboxylic acids is 1. The van der Waals surface area contributed by atoms with Crippen LogP contribution >= 0.6 is 0 Å². The molecule has 0 saturated heterocycles. The first-order chi connectivity index (χ1) is 9.07. The number of quaternary nitrogens is 1. The molecule has 3 nitrogen and oxygen atoms in total. The number of carbonyl (C=O) groups is 1. The van der Waals surface area contributed by atoms with Gasteiger partial charge in [0.15, 0.2) is 0 Å². The zero-order valence-electron chi connectivity index (χ0n) is 12.7. The Morgan fingerprint density at radius 2 is 1.68 bits per heavy atom. The molecule has 1 aliphatic heterocycles. The fourth-order valence-corrected chi connectivity index (χ4v) is 2.10. The number of rotatable bonds is 8. The Labute approximate surface area is 118 Å². The van der Waals surface area contributed by atoms with Gasteiger partial charge in [-0.2, -0.15) is 0 Å². The number of nitrogens with one attached hydrogen (secondary N) is 1. The molecule has 1 N–H and O–H groups in total. The molecule has 3 heteroatoms. The number of unbranched alkanes of at least 4 members (excludes halogenated alkanes) is 6. The Hall–Kier alpha value is -1.09. The van der Waals surface area contributed by atoms with Gasteiger partial charge in [-0.15, -0.1) is 0 Å². The maximum absolute atomic E-state index is 8.89. The molecule has 0 spiro atoms. The molecule has 0 radical (unpaired) electrons. The lowest BCUT2D eigenvalue weighted by molar-refractivity contribution is -0.802. The van der Waals surface area contributed by atoms with Gasteiger partial charge < -0.3 is 9.90 Å². The number of hydrogen-bond donors (Lipinski definition) is 1. The molecule has 0 bridgehead atoms. The molecule has 0 saturated carbocycles. The van der Waals surface area contributed by atoms with Gasteiger partial charge in [0.05, 0.1) is 12.7 Å². The van der Waals surface area contributed by atoms with Crippen LogP contribution in [-0.2, 0) is 4.79 Å². The maximum Gasteiger partial charge on any atom is 0.109 e. The van der Waals surface area contributed by atoms with Crippen molar-refractivity contribution in [2.24, 2.45) is 0 Å². The van der Waals surface area contributed by atoms with Crippen molar-refractivity contribution in [2.45, 2.75) is 65.7 Å². The fourth-order valence-electron chi connectivity index (χ4n) is 2.10. The van der Waals surface area contributed by atoms with Crippen LogP contribution in [0.1, 0.15) is 65.7 Å². The van der Waals surface area contributed by atoms with Gasteiger partial charge in [-0.25, -0.2) is 0 Å². The van der Waals surface area contributed by atoms with Gasteiger partial charge in [0.2, 0.25) is 0 Å². The summed E-state index contributed by atoms with van der Waals surface area (Å²) in [5.74, 6) is -1.08. The molecule has 0 aromatic rings. The highest BCUT2D eigenvalue weighted by molar-refractivity contribution is 5.60. The molecular formula is C16H29NO2. The van der Waals surface area contributed by atoms with Gasteiger partial charge >= 0.3 is 0 Å². The van der Waals surface area contributed by atoms with E-state index in [4.69, 9.17) is 9.90 Å². The average molecular weight is 267 g/mol. The number of hydrogen-bond acceptors (Lipinski definition) is 2. The molecule has 0 aromatic heterocycles. The van der Waals surface area contributed by atoms with Gasteiger partial charge in [-0.3, -0.25) is 4.90 Å².